The first-order valence-electron chi connectivity index (χ1n) is 8.27. The van der Waals surface area contributed by atoms with Crippen molar-refractivity contribution >= 4 is 17.8 Å². The molecule has 1 aliphatic heterocycles. The van der Waals surface area contributed by atoms with Gasteiger partial charge in [-0.25, -0.2) is 0 Å². The number of aliphatic hydroxyl groups excluding tert-OH is 2. The summed E-state index contributed by atoms with van der Waals surface area (Å²) in [5.41, 5.74) is 0.481. The molecular formula is C19H23NO6. The fourth-order valence-electron chi connectivity index (χ4n) is 2.54. The van der Waals surface area contributed by atoms with Crippen LogP contribution in [0.15, 0.2) is 30.4 Å². The van der Waals surface area contributed by atoms with Crippen molar-refractivity contribution < 1.29 is 29.6 Å². The van der Waals surface area contributed by atoms with Crippen molar-refractivity contribution in [3.05, 3.63) is 41.5 Å². The average molecular weight is 361 g/mol. The minimum absolute atomic E-state index is 0.00463. The smallest absolute Gasteiger partial charge is 0.255 e. The van der Waals surface area contributed by atoms with Crippen molar-refractivity contribution in [1.29, 1.82) is 0 Å². The number of ketones is 1. The van der Waals surface area contributed by atoms with Crippen LogP contribution < -0.4 is 10.1 Å². The zero-order valence-corrected chi connectivity index (χ0v) is 14.7. The second-order valence-electron chi connectivity index (χ2n) is 6.21. The number of phenolic OH excluding ortho intramolecular Hbond substituents is 1. The number of phenols is 1. The molecule has 1 unspecified atom stereocenters. The van der Waals surface area contributed by atoms with Gasteiger partial charge in [-0.3, -0.25) is 9.59 Å². The highest BCUT2D eigenvalue weighted by atomic mass is 16.5. The van der Waals surface area contributed by atoms with Gasteiger partial charge in [-0.1, -0.05) is 25.2 Å². The Labute approximate surface area is 151 Å². The van der Waals surface area contributed by atoms with Crippen LogP contribution >= 0.6 is 0 Å². The molecule has 0 aromatic heterocycles. The van der Waals surface area contributed by atoms with Crippen LogP contribution in [-0.4, -0.2) is 52.9 Å². The summed E-state index contributed by atoms with van der Waals surface area (Å²) >= 11 is 0. The van der Waals surface area contributed by atoms with Crippen LogP contribution in [0.1, 0.15) is 29.3 Å². The Balaban J connectivity index is 2.44. The van der Waals surface area contributed by atoms with Crippen LogP contribution in [-0.2, 0) is 4.79 Å². The van der Waals surface area contributed by atoms with Gasteiger partial charge in [0, 0.05) is 12.6 Å². The summed E-state index contributed by atoms with van der Waals surface area (Å²) < 4.78 is 5.11. The van der Waals surface area contributed by atoms with Crippen LogP contribution in [0.25, 0.3) is 6.08 Å². The molecular weight excluding hydrogens is 338 g/mol. The molecule has 3 atom stereocenters. The lowest BCUT2D eigenvalue weighted by Crippen LogP contribution is -2.33. The molecule has 4 N–H and O–H groups in total. The summed E-state index contributed by atoms with van der Waals surface area (Å²) in [6, 6.07) is 2.92. The van der Waals surface area contributed by atoms with Crippen molar-refractivity contribution in [1.82, 2.24) is 5.32 Å². The Hall–Kier alpha value is -2.64. The maximum absolute atomic E-state index is 12.5. The lowest BCUT2D eigenvalue weighted by molar-refractivity contribution is -0.127. The first-order valence-corrected chi connectivity index (χ1v) is 8.27. The van der Waals surface area contributed by atoms with Crippen molar-refractivity contribution in [2.45, 2.75) is 25.6 Å². The molecule has 26 heavy (non-hydrogen) atoms. The molecule has 0 spiro atoms. The zero-order chi connectivity index (χ0) is 19.3. The highest BCUT2D eigenvalue weighted by Gasteiger charge is 2.22. The molecule has 1 amide bonds. The normalized spacial score (nSPS) is 27.0. The van der Waals surface area contributed by atoms with Crippen molar-refractivity contribution in [3.63, 3.8) is 0 Å². The molecule has 0 radical (unpaired) electrons. The molecule has 0 saturated carbocycles. The van der Waals surface area contributed by atoms with Crippen LogP contribution in [0.4, 0.5) is 0 Å². The van der Waals surface area contributed by atoms with E-state index in [-0.39, 0.29) is 30.2 Å². The summed E-state index contributed by atoms with van der Waals surface area (Å²) in [6.45, 7) is 2.02. The van der Waals surface area contributed by atoms with Crippen molar-refractivity contribution in [3.8, 4) is 11.5 Å². The minimum Gasteiger partial charge on any atom is -0.507 e. The Bertz CT molecular complexity index is 740. The molecule has 0 aliphatic carbocycles. The molecule has 2 rings (SSSR count). The predicted molar refractivity (Wildman–Crippen MR) is 96.0 cm³/mol. The average Bonchev–Trinajstić information content (AvgIpc) is 2.62. The molecule has 0 bridgehead atoms. The number of rotatable bonds is 1. The van der Waals surface area contributed by atoms with Gasteiger partial charge < -0.3 is 25.4 Å². The number of hydrogen-bond donors (Lipinski definition) is 4. The lowest BCUT2D eigenvalue weighted by atomic mass is 10.0. The quantitative estimate of drug-likeness (QED) is 0.594. The van der Waals surface area contributed by atoms with Gasteiger partial charge in [0.15, 0.2) is 5.78 Å². The lowest BCUT2D eigenvalue weighted by Gasteiger charge is -2.16. The van der Waals surface area contributed by atoms with E-state index in [1.165, 1.54) is 31.4 Å². The number of methoxy groups -OCH3 is 1. The maximum Gasteiger partial charge on any atom is 0.255 e. The predicted octanol–water partition coefficient (Wildman–Crippen LogP) is 1.03. The Morgan fingerprint density at radius 3 is 2.62 bits per heavy atom. The molecule has 140 valence electrons. The summed E-state index contributed by atoms with van der Waals surface area (Å²) in [4.78, 5) is 24.4. The molecule has 1 aliphatic rings. The number of ether oxygens (including phenoxy) is 1. The van der Waals surface area contributed by atoms with Crippen LogP contribution in [0.5, 0.6) is 11.5 Å². The van der Waals surface area contributed by atoms with Gasteiger partial charge in [0.05, 0.1) is 18.8 Å². The summed E-state index contributed by atoms with van der Waals surface area (Å²) in [6.07, 6.45) is 2.99. The van der Waals surface area contributed by atoms with Crippen LogP contribution in [0.2, 0.25) is 0 Å². The number of benzene rings is 1. The number of carbonyl (C=O) groups excluding carboxylic acids is 2. The van der Waals surface area contributed by atoms with E-state index in [1.54, 1.807) is 19.1 Å². The topological polar surface area (TPSA) is 116 Å². The third kappa shape index (κ3) is 4.71. The van der Waals surface area contributed by atoms with Gasteiger partial charge in [-0.2, -0.15) is 0 Å². The second-order valence-corrected chi connectivity index (χ2v) is 6.21. The van der Waals surface area contributed by atoms with Gasteiger partial charge in [-0.15, -0.1) is 0 Å². The zero-order valence-electron chi connectivity index (χ0n) is 14.7. The number of nitrogens with one attached hydrogen (secondary N) is 1. The first-order chi connectivity index (χ1) is 12.3. The van der Waals surface area contributed by atoms with Gasteiger partial charge in [0.25, 0.3) is 5.91 Å². The number of amides is 1. The molecule has 0 fully saturated rings. The van der Waals surface area contributed by atoms with E-state index in [9.17, 15) is 24.9 Å². The molecule has 1 heterocycles. The molecule has 7 heteroatoms. The number of carbonyl (C=O) groups is 2. The highest BCUT2D eigenvalue weighted by Crippen LogP contribution is 2.29. The third-order valence-electron chi connectivity index (χ3n) is 4.09. The van der Waals surface area contributed by atoms with Gasteiger partial charge in [-0.05, 0) is 30.0 Å². The Morgan fingerprint density at radius 2 is 1.92 bits per heavy atom. The standard InChI is InChI=1S/C19H23NO6/c1-11-6-7-15(22)18(24)14(21)5-3-4-12-8-13(26-2)9-16(23)17(12)19(25)20-10-11/h3-4,6-9,11,14,18,21,23-24H,5,10H2,1-2H3,(H,20,25)/b4-3+,7-6-/t11?,14-,18-/m0/s1. The van der Waals surface area contributed by atoms with Gasteiger partial charge in [0.2, 0.25) is 0 Å². The summed E-state index contributed by atoms with van der Waals surface area (Å²) in [5.74, 6) is -1.11. The fourth-order valence-corrected chi connectivity index (χ4v) is 2.54. The Kier molecular flexibility index (Phi) is 6.54. The van der Waals surface area contributed by atoms with E-state index in [0.717, 1.165) is 0 Å². The molecule has 0 saturated heterocycles. The van der Waals surface area contributed by atoms with E-state index in [0.29, 0.717) is 11.3 Å². The fraction of sp³-hybridized carbons (Fsp3) is 0.368. The highest BCUT2D eigenvalue weighted by molar-refractivity contribution is 6.00. The number of hydrogen-bond acceptors (Lipinski definition) is 6. The largest absolute Gasteiger partial charge is 0.507 e. The van der Waals surface area contributed by atoms with Gasteiger partial charge in [0.1, 0.15) is 17.6 Å². The monoisotopic (exact) mass is 361 g/mol. The summed E-state index contributed by atoms with van der Waals surface area (Å²) in [5, 5.41) is 32.8. The van der Waals surface area contributed by atoms with E-state index < -0.39 is 23.9 Å². The molecule has 1 aromatic carbocycles. The molecule has 1 aromatic rings. The second kappa shape index (κ2) is 8.64. The third-order valence-corrected chi connectivity index (χ3v) is 4.09. The number of aromatic hydroxyl groups is 1. The van der Waals surface area contributed by atoms with Crippen LogP contribution in [0.3, 0.4) is 0 Å². The number of aliphatic hydroxyl groups is 2. The van der Waals surface area contributed by atoms with E-state index in [1.807, 2.05) is 0 Å². The van der Waals surface area contributed by atoms with Crippen LogP contribution in [0, 0.1) is 5.92 Å². The minimum atomic E-state index is -1.53. The Morgan fingerprint density at radius 1 is 1.19 bits per heavy atom. The van der Waals surface area contributed by atoms with E-state index in [2.05, 4.69) is 5.32 Å². The number of fused-ring (bicyclic) bond motifs is 1. The van der Waals surface area contributed by atoms with Crippen molar-refractivity contribution in [2.24, 2.45) is 5.92 Å². The maximum atomic E-state index is 12.5. The van der Waals surface area contributed by atoms with E-state index in [4.69, 9.17) is 4.74 Å². The SMILES string of the molecule is COc1cc(O)c2c(c1)/C=C/C[C@H](O)[C@H](O)C(=O)/C=C\C(C)CNC2=O. The first kappa shape index (κ1) is 19.7. The van der Waals surface area contributed by atoms with Crippen molar-refractivity contribution in [2.75, 3.05) is 13.7 Å². The van der Waals surface area contributed by atoms with E-state index >= 15 is 0 Å². The summed E-state index contributed by atoms with van der Waals surface area (Å²) in [7, 11) is 1.44. The molecule has 7 nitrogen and oxygen atoms in total. The van der Waals surface area contributed by atoms with Gasteiger partial charge >= 0.3 is 0 Å².